The molecule has 4 nitrogen and oxygen atoms in total. The number of aromatic nitrogens is 1. The minimum absolute atomic E-state index is 0.0629. The first kappa shape index (κ1) is 16.2. The van der Waals surface area contributed by atoms with Crippen molar-refractivity contribution in [3.05, 3.63) is 57.9 Å². The summed E-state index contributed by atoms with van der Waals surface area (Å²) in [7, 11) is -0.953. The number of Topliss-reactive ketones (excluding diaryl/α,β-unsaturated/α-hetero) is 1. The highest BCUT2D eigenvalue weighted by molar-refractivity contribution is 6.62. The number of carbonyl (C=O) groups is 1. The minimum atomic E-state index is -0.953. The van der Waals surface area contributed by atoms with Gasteiger partial charge < -0.3 is 9.68 Å². The van der Waals surface area contributed by atoms with Crippen molar-refractivity contribution in [2.75, 3.05) is 0 Å². The molecule has 1 N–H and O–H groups in total. The molecule has 118 valence electrons. The summed E-state index contributed by atoms with van der Waals surface area (Å²) in [6.07, 6.45) is 1.76. The van der Waals surface area contributed by atoms with Crippen LogP contribution in [-0.4, -0.2) is 22.9 Å². The van der Waals surface area contributed by atoms with Crippen LogP contribution < -0.4 is 5.46 Å². The van der Waals surface area contributed by atoms with Crippen LogP contribution in [0.15, 0.2) is 30.5 Å². The number of benzene rings is 1. The van der Waals surface area contributed by atoms with Crippen LogP contribution in [0.2, 0.25) is 5.02 Å². The molecule has 0 spiro atoms. The van der Waals surface area contributed by atoms with Gasteiger partial charge in [0.25, 0.3) is 0 Å². The normalized spacial score (nSPS) is 15.6. The number of ketones is 1. The zero-order valence-corrected chi connectivity index (χ0v) is 14.0. The van der Waals surface area contributed by atoms with Crippen LogP contribution in [-0.2, 0) is 16.7 Å². The van der Waals surface area contributed by atoms with Crippen molar-refractivity contribution < 1.29 is 14.5 Å². The van der Waals surface area contributed by atoms with Gasteiger partial charge in [0.15, 0.2) is 5.78 Å². The van der Waals surface area contributed by atoms with Gasteiger partial charge in [0.1, 0.15) is 0 Å². The SMILES string of the molecule is Cc1ncc(C(=O)Cc2ccc3c(c2)B(O)OC3(C)C)cc1Cl. The number of hydrogen-bond donors (Lipinski definition) is 1. The molecule has 23 heavy (non-hydrogen) atoms. The maximum Gasteiger partial charge on any atom is 0.492 e. The molecule has 0 saturated heterocycles. The maximum absolute atomic E-state index is 12.4. The summed E-state index contributed by atoms with van der Waals surface area (Å²) >= 11 is 6.02. The van der Waals surface area contributed by atoms with Crippen LogP contribution in [0.25, 0.3) is 0 Å². The third-order valence-corrected chi connectivity index (χ3v) is 4.53. The van der Waals surface area contributed by atoms with E-state index in [4.69, 9.17) is 16.3 Å². The number of aryl methyl sites for hydroxylation is 1. The fraction of sp³-hybridized carbons (Fsp3) is 0.294. The number of halogens is 1. The van der Waals surface area contributed by atoms with Gasteiger partial charge in [-0.2, -0.15) is 0 Å². The van der Waals surface area contributed by atoms with Crippen LogP contribution in [0.5, 0.6) is 0 Å². The van der Waals surface area contributed by atoms with E-state index in [0.29, 0.717) is 16.3 Å². The Labute approximate surface area is 140 Å². The molecule has 0 saturated carbocycles. The summed E-state index contributed by atoms with van der Waals surface area (Å²) in [6.45, 7) is 5.61. The molecule has 6 heteroatoms. The van der Waals surface area contributed by atoms with Gasteiger partial charge in [0.2, 0.25) is 0 Å². The van der Waals surface area contributed by atoms with Crippen molar-refractivity contribution in [2.45, 2.75) is 32.8 Å². The summed E-state index contributed by atoms with van der Waals surface area (Å²) < 4.78 is 5.54. The van der Waals surface area contributed by atoms with Gasteiger partial charge >= 0.3 is 7.12 Å². The molecule has 1 aliphatic rings. The lowest BCUT2D eigenvalue weighted by atomic mass is 9.77. The molecule has 0 unspecified atom stereocenters. The van der Waals surface area contributed by atoms with Gasteiger partial charge in [-0.3, -0.25) is 9.78 Å². The number of pyridine rings is 1. The predicted molar refractivity (Wildman–Crippen MR) is 90.2 cm³/mol. The average molecular weight is 330 g/mol. The van der Waals surface area contributed by atoms with Crippen LogP contribution in [0, 0.1) is 6.92 Å². The molecule has 3 rings (SSSR count). The Bertz CT molecular complexity index is 791. The predicted octanol–water partition coefficient (Wildman–Crippen LogP) is 2.42. The number of rotatable bonds is 3. The third-order valence-electron chi connectivity index (χ3n) is 4.15. The third kappa shape index (κ3) is 3.04. The van der Waals surface area contributed by atoms with Crippen LogP contribution >= 0.6 is 11.6 Å². The molecule has 1 aliphatic heterocycles. The van der Waals surface area contributed by atoms with Gasteiger partial charge in [-0.05, 0) is 43.4 Å². The number of fused-ring (bicyclic) bond motifs is 1. The van der Waals surface area contributed by atoms with Crippen LogP contribution in [0.1, 0.15) is 41.0 Å². The Kier molecular flexibility index (Phi) is 4.04. The standard InChI is InChI=1S/C17H17BClNO3/c1-10-15(19)8-12(9-20-10)16(21)7-11-4-5-13-14(6-11)18(22)23-17(13,2)3/h4-6,8-9,22H,7H2,1-3H3. The quantitative estimate of drug-likeness (QED) is 0.694. The molecular formula is C17H17BClNO3. The lowest BCUT2D eigenvalue weighted by Crippen LogP contribution is -2.29. The summed E-state index contributed by atoms with van der Waals surface area (Å²) in [4.78, 5) is 16.5. The van der Waals surface area contributed by atoms with Crippen molar-refractivity contribution in [2.24, 2.45) is 0 Å². The van der Waals surface area contributed by atoms with E-state index in [-0.39, 0.29) is 12.2 Å². The molecule has 2 aromatic rings. The molecular weight excluding hydrogens is 312 g/mol. The highest BCUT2D eigenvalue weighted by Crippen LogP contribution is 2.30. The Balaban J connectivity index is 1.85. The summed E-state index contributed by atoms with van der Waals surface area (Å²) in [5.74, 6) is -0.0629. The second-order valence-corrected chi connectivity index (χ2v) is 6.70. The molecule has 0 fully saturated rings. The Morgan fingerprint density at radius 1 is 1.39 bits per heavy atom. The summed E-state index contributed by atoms with van der Waals surface area (Å²) in [5.41, 5.74) is 3.15. The molecule has 0 atom stereocenters. The van der Waals surface area contributed by atoms with Crippen molar-refractivity contribution in [1.29, 1.82) is 0 Å². The second-order valence-electron chi connectivity index (χ2n) is 6.29. The van der Waals surface area contributed by atoms with Crippen molar-refractivity contribution in [1.82, 2.24) is 4.98 Å². The Morgan fingerprint density at radius 3 is 2.83 bits per heavy atom. The smallest absolute Gasteiger partial charge is 0.423 e. The highest BCUT2D eigenvalue weighted by Gasteiger charge is 2.40. The van der Waals surface area contributed by atoms with Crippen LogP contribution in [0.4, 0.5) is 0 Å². The maximum atomic E-state index is 12.4. The molecule has 1 aromatic heterocycles. The fourth-order valence-electron chi connectivity index (χ4n) is 2.83. The largest absolute Gasteiger partial charge is 0.492 e. The van der Waals surface area contributed by atoms with Gasteiger partial charge in [-0.25, -0.2) is 0 Å². The second kappa shape index (κ2) is 5.75. The Hall–Kier alpha value is -1.69. The zero-order chi connectivity index (χ0) is 16.8. The van der Waals surface area contributed by atoms with E-state index in [0.717, 1.165) is 16.6 Å². The van der Waals surface area contributed by atoms with Gasteiger partial charge in [0, 0.05) is 18.2 Å². The molecule has 0 bridgehead atoms. The van der Waals surface area contributed by atoms with Gasteiger partial charge in [0.05, 0.1) is 16.3 Å². The first-order valence-corrected chi connectivity index (χ1v) is 7.80. The van der Waals surface area contributed by atoms with Crippen molar-refractivity contribution in [3.8, 4) is 0 Å². The average Bonchev–Trinajstić information content (AvgIpc) is 2.71. The zero-order valence-electron chi connectivity index (χ0n) is 13.3. The van der Waals surface area contributed by atoms with Gasteiger partial charge in [-0.1, -0.05) is 29.8 Å². The molecule has 2 heterocycles. The lowest BCUT2D eigenvalue weighted by molar-refractivity contribution is 0.0991. The van der Waals surface area contributed by atoms with E-state index in [2.05, 4.69) is 4.98 Å². The number of hydrogen-bond acceptors (Lipinski definition) is 4. The van der Waals surface area contributed by atoms with Crippen LogP contribution in [0.3, 0.4) is 0 Å². The molecule has 0 aliphatic carbocycles. The fourth-order valence-corrected chi connectivity index (χ4v) is 2.99. The number of carbonyl (C=O) groups excluding carboxylic acids is 1. The van der Waals surface area contributed by atoms with E-state index >= 15 is 0 Å². The molecule has 0 amide bonds. The first-order valence-electron chi connectivity index (χ1n) is 7.42. The minimum Gasteiger partial charge on any atom is -0.423 e. The van der Waals surface area contributed by atoms with E-state index in [1.54, 1.807) is 13.0 Å². The first-order chi connectivity index (χ1) is 10.8. The highest BCUT2D eigenvalue weighted by atomic mass is 35.5. The monoisotopic (exact) mass is 329 g/mol. The van der Waals surface area contributed by atoms with E-state index in [9.17, 15) is 9.82 Å². The van der Waals surface area contributed by atoms with E-state index in [1.807, 2.05) is 32.0 Å². The van der Waals surface area contributed by atoms with Crippen molar-refractivity contribution in [3.63, 3.8) is 0 Å². The Morgan fingerprint density at radius 2 is 2.13 bits per heavy atom. The van der Waals surface area contributed by atoms with Gasteiger partial charge in [-0.15, -0.1) is 0 Å². The topological polar surface area (TPSA) is 59.4 Å². The lowest BCUT2D eigenvalue weighted by Gasteiger charge is -2.19. The summed E-state index contributed by atoms with van der Waals surface area (Å²) in [5, 5.41) is 10.5. The number of nitrogens with zero attached hydrogens (tertiary/aromatic N) is 1. The van der Waals surface area contributed by atoms with E-state index < -0.39 is 12.7 Å². The summed E-state index contributed by atoms with van der Waals surface area (Å²) in [6, 6.07) is 7.27. The molecule has 0 radical (unpaired) electrons. The van der Waals surface area contributed by atoms with Crippen molar-refractivity contribution >= 4 is 30.0 Å². The van der Waals surface area contributed by atoms with E-state index in [1.165, 1.54) is 6.20 Å². The molecule has 1 aromatic carbocycles.